The van der Waals surface area contributed by atoms with Gasteiger partial charge in [0.2, 0.25) is 15.9 Å². The third kappa shape index (κ3) is 3.15. The van der Waals surface area contributed by atoms with E-state index in [1.165, 1.54) is 9.87 Å². The quantitative estimate of drug-likeness (QED) is 0.859. The Bertz CT molecular complexity index is 736. The Morgan fingerprint density at radius 1 is 1.13 bits per heavy atom. The predicted molar refractivity (Wildman–Crippen MR) is 86.5 cm³/mol. The van der Waals surface area contributed by atoms with Crippen LogP contribution in [0.3, 0.4) is 0 Å². The van der Waals surface area contributed by atoms with Crippen LogP contribution in [0, 0.1) is 0 Å². The minimum absolute atomic E-state index is 0.0155. The molecule has 0 unspecified atom stereocenters. The molecule has 1 amide bonds. The van der Waals surface area contributed by atoms with E-state index < -0.39 is 10.0 Å². The maximum Gasteiger partial charge on any atom is 0.243 e. The highest BCUT2D eigenvalue weighted by atomic mass is 32.2. The van der Waals surface area contributed by atoms with Crippen LogP contribution in [0.2, 0.25) is 0 Å². The van der Waals surface area contributed by atoms with Crippen LogP contribution in [0.1, 0.15) is 43.2 Å². The molecule has 4 rings (SSSR count). The fourth-order valence-electron chi connectivity index (χ4n) is 3.26. The van der Waals surface area contributed by atoms with Crippen LogP contribution >= 0.6 is 0 Å². The lowest BCUT2D eigenvalue weighted by atomic mass is 10.1. The number of aryl methyl sites for hydroxylation is 2. The number of amides is 1. The maximum atomic E-state index is 13.0. The second-order valence-corrected chi connectivity index (χ2v) is 8.80. The fraction of sp³-hybridized carbons (Fsp3) is 0.588. The van der Waals surface area contributed by atoms with Crippen molar-refractivity contribution in [3.8, 4) is 0 Å². The number of nitrogens with one attached hydrogen (secondary N) is 1. The summed E-state index contributed by atoms with van der Waals surface area (Å²) in [5, 5.41) is 2.89. The molecule has 1 N–H and O–H groups in total. The van der Waals surface area contributed by atoms with Gasteiger partial charge in [-0.3, -0.25) is 4.79 Å². The minimum Gasteiger partial charge on any atom is -0.352 e. The minimum atomic E-state index is -3.60. The third-order valence-electron chi connectivity index (χ3n) is 4.87. The molecule has 2 saturated carbocycles. The second kappa shape index (κ2) is 5.60. The summed E-state index contributed by atoms with van der Waals surface area (Å²) < 4.78 is 27.4. The van der Waals surface area contributed by atoms with E-state index in [4.69, 9.17) is 0 Å². The van der Waals surface area contributed by atoms with Crippen molar-refractivity contribution in [2.75, 3.05) is 6.54 Å². The van der Waals surface area contributed by atoms with Crippen LogP contribution in [0.25, 0.3) is 0 Å². The van der Waals surface area contributed by atoms with Crippen molar-refractivity contribution >= 4 is 15.9 Å². The van der Waals surface area contributed by atoms with Crippen LogP contribution in [0.5, 0.6) is 0 Å². The fourth-order valence-corrected chi connectivity index (χ4v) is 4.95. The number of fused-ring (bicyclic) bond motifs is 1. The molecule has 124 valence electrons. The van der Waals surface area contributed by atoms with Gasteiger partial charge in [0.1, 0.15) is 0 Å². The third-order valence-corrected chi connectivity index (χ3v) is 6.77. The van der Waals surface area contributed by atoms with Gasteiger partial charge in [0.05, 0.1) is 11.4 Å². The van der Waals surface area contributed by atoms with E-state index >= 15 is 0 Å². The molecule has 0 heterocycles. The highest BCUT2D eigenvalue weighted by Crippen LogP contribution is 2.33. The van der Waals surface area contributed by atoms with Crippen molar-refractivity contribution in [1.29, 1.82) is 0 Å². The molecule has 2 fully saturated rings. The molecule has 3 aliphatic carbocycles. The van der Waals surface area contributed by atoms with E-state index in [0.717, 1.165) is 50.5 Å². The summed E-state index contributed by atoms with van der Waals surface area (Å²) in [7, 11) is -3.60. The Morgan fingerprint density at radius 3 is 2.57 bits per heavy atom. The predicted octanol–water partition coefficient (Wildman–Crippen LogP) is 1.61. The average molecular weight is 334 g/mol. The van der Waals surface area contributed by atoms with Gasteiger partial charge in [0.25, 0.3) is 0 Å². The van der Waals surface area contributed by atoms with Gasteiger partial charge >= 0.3 is 0 Å². The second-order valence-electron chi connectivity index (χ2n) is 6.91. The van der Waals surface area contributed by atoms with Gasteiger partial charge in [0, 0.05) is 12.1 Å². The molecule has 0 radical (unpaired) electrons. The number of carbonyl (C=O) groups excluding carboxylic acids is 1. The molecule has 1 aromatic carbocycles. The summed E-state index contributed by atoms with van der Waals surface area (Å²) in [6, 6.07) is 5.69. The average Bonchev–Trinajstić information content (AvgIpc) is 3.44. The van der Waals surface area contributed by atoms with Crippen molar-refractivity contribution in [3.63, 3.8) is 0 Å². The number of rotatable bonds is 6. The van der Waals surface area contributed by atoms with Gasteiger partial charge < -0.3 is 5.32 Å². The highest BCUT2D eigenvalue weighted by Gasteiger charge is 2.40. The van der Waals surface area contributed by atoms with E-state index in [0.29, 0.717) is 4.90 Å². The maximum absolute atomic E-state index is 13.0. The lowest BCUT2D eigenvalue weighted by Gasteiger charge is -2.22. The van der Waals surface area contributed by atoms with E-state index in [1.807, 2.05) is 12.1 Å². The zero-order valence-electron chi connectivity index (χ0n) is 13.1. The van der Waals surface area contributed by atoms with E-state index in [-0.39, 0.29) is 24.5 Å². The largest absolute Gasteiger partial charge is 0.352 e. The number of benzene rings is 1. The van der Waals surface area contributed by atoms with E-state index in [2.05, 4.69) is 5.32 Å². The molecule has 0 saturated heterocycles. The first-order chi connectivity index (χ1) is 11.0. The summed E-state index contributed by atoms with van der Waals surface area (Å²) in [6.07, 6.45) is 6.78. The van der Waals surface area contributed by atoms with Crippen LogP contribution in [-0.4, -0.2) is 37.3 Å². The molecular weight excluding hydrogens is 312 g/mol. The molecule has 0 atom stereocenters. The normalized spacial score (nSPS) is 20.6. The first kappa shape index (κ1) is 15.1. The summed E-state index contributed by atoms with van der Waals surface area (Å²) in [6.45, 7) is -0.0550. The molecule has 0 aromatic heterocycles. The van der Waals surface area contributed by atoms with Gasteiger partial charge in [-0.1, -0.05) is 6.07 Å². The Labute approximate surface area is 137 Å². The molecule has 0 bridgehead atoms. The molecule has 5 nitrogen and oxygen atoms in total. The molecule has 0 aliphatic heterocycles. The van der Waals surface area contributed by atoms with Crippen molar-refractivity contribution in [1.82, 2.24) is 9.62 Å². The number of hydrogen-bond donors (Lipinski definition) is 1. The Hall–Kier alpha value is -1.40. The van der Waals surface area contributed by atoms with Gasteiger partial charge in [-0.2, -0.15) is 4.31 Å². The monoisotopic (exact) mass is 334 g/mol. The van der Waals surface area contributed by atoms with Crippen LogP contribution < -0.4 is 5.32 Å². The standard InChI is InChI=1S/C17H22N2O3S/c20-17(18-14-5-6-14)11-19(15-7-8-15)23(21,22)16-9-4-12-2-1-3-13(12)10-16/h4,9-10,14-15H,1-3,5-8,11H2,(H,18,20). The number of hydrogen-bond acceptors (Lipinski definition) is 3. The number of sulfonamides is 1. The van der Waals surface area contributed by atoms with Crippen LogP contribution in [-0.2, 0) is 27.7 Å². The first-order valence-electron chi connectivity index (χ1n) is 8.47. The summed E-state index contributed by atoms with van der Waals surface area (Å²) in [5.74, 6) is -0.177. The van der Waals surface area contributed by atoms with Crippen LogP contribution in [0.15, 0.2) is 23.1 Å². The first-order valence-corrected chi connectivity index (χ1v) is 9.91. The summed E-state index contributed by atoms with van der Waals surface area (Å²) in [4.78, 5) is 12.4. The van der Waals surface area contributed by atoms with Gasteiger partial charge in [-0.05, 0) is 68.2 Å². The molecular formula is C17H22N2O3S. The molecule has 0 spiro atoms. The van der Waals surface area contributed by atoms with Crippen molar-refractivity contribution in [3.05, 3.63) is 29.3 Å². The van der Waals surface area contributed by atoms with Gasteiger partial charge in [-0.15, -0.1) is 0 Å². The van der Waals surface area contributed by atoms with Crippen molar-refractivity contribution < 1.29 is 13.2 Å². The Morgan fingerprint density at radius 2 is 1.87 bits per heavy atom. The van der Waals surface area contributed by atoms with Crippen molar-refractivity contribution in [2.45, 2.75) is 61.9 Å². The number of carbonyl (C=O) groups is 1. The Kier molecular flexibility index (Phi) is 3.69. The molecule has 6 heteroatoms. The summed E-state index contributed by atoms with van der Waals surface area (Å²) >= 11 is 0. The summed E-state index contributed by atoms with van der Waals surface area (Å²) in [5.41, 5.74) is 2.40. The lowest BCUT2D eigenvalue weighted by molar-refractivity contribution is -0.121. The van der Waals surface area contributed by atoms with Crippen molar-refractivity contribution in [2.24, 2.45) is 0 Å². The molecule has 23 heavy (non-hydrogen) atoms. The van der Waals surface area contributed by atoms with Gasteiger partial charge in [-0.25, -0.2) is 8.42 Å². The van der Waals surface area contributed by atoms with Gasteiger partial charge in [0.15, 0.2) is 0 Å². The zero-order valence-corrected chi connectivity index (χ0v) is 13.9. The SMILES string of the molecule is O=C(CN(C1CC1)S(=O)(=O)c1ccc2c(c1)CCC2)NC1CC1. The highest BCUT2D eigenvalue weighted by molar-refractivity contribution is 7.89. The zero-order chi connectivity index (χ0) is 16.0. The lowest BCUT2D eigenvalue weighted by Crippen LogP contribution is -2.42. The Balaban J connectivity index is 1.57. The van der Waals surface area contributed by atoms with E-state index in [1.54, 1.807) is 6.07 Å². The smallest absolute Gasteiger partial charge is 0.243 e. The van der Waals surface area contributed by atoms with Crippen LogP contribution in [0.4, 0.5) is 0 Å². The topological polar surface area (TPSA) is 66.5 Å². The molecule has 3 aliphatic rings. The molecule has 1 aromatic rings. The van der Waals surface area contributed by atoms with E-state index in [9.17, 15) is 13.2 Å². The number of nitrogens with zero attached hydrogens (tertiary/aromatic N) is 1.